The number of pyridine rings is 1. The maximum Gasteiger partial charge on any atom is 0.339 e. The molecular weight excluding hydrogens is 285 g/mol. The van der Waals surface area contributed by atoms with Gasteiger partial charge < -0.3 is 4.74 Å². The molecule has 1 aliphatic carbocycles. The van der Waals surface area contributed by atoms with E-state index < -0.39 is 0 Å². The predicted molar refractivity (Wildman–Crippen MR) is 70.2 cm³/mol. The van der Waals surface area contributed by atoms with Gasteiger partial charge in [-0.15, -0.1) is 0 Å². The molecule has 0 amide bonds. The molecule has 0 aliphatic heterocycles. The molecule has 2 rings (SSSR count). The number of esters is 1. The van der Waals surface area contributed by atoms with Crippen LogP contribution in [0.25, 0.3) is 0 Å². The summed E-state index contributed by atoms with van der Waals surface area (Å²) < 4.78 is 5.60. The second-order valence-electron chi connectivity index (χ2n) is 6.18. The molecule has 1 aromatic heterocycles. The smallest absolute Gasteiger partial charge is 0.339 e. The van der Waals surface area contributed by atoms with Gasteiger partial charge in [0.1, 0.15) is 6.10 Å². The Morgan fingerprint density at radius 2 is 2.16 bits per heavy atom. The van der Waals surface area contributed by atoms with Crippen molar-refractivity contribution in [2.24, 2.45) is 11.3 Å². The first-order valence-corrected chi connectivity index (χ1v) is 6.57. The van der Waals surface area contributed by atoms with Crippen LogP contribution >= 0.6 is 0 Å². The van der Waals surface area contributed by atoms with Crippen LogP contribution < -0.4 is 0 Å². The number of hydrogen-bond acceptors (Lipinski definition) is 3. The van der Waals surface area contributed by atoms with Crippen molar-refractivity contribution in [1.82, 2.24) is 4.98 Å². The van der Waals surface area contributed by atoms with E-state index in [0.29, 0.717) is 11.5 Å². The molecule has 4 heteroatoms. The molecule has 1 heterocycles. The fourth-order valence-electron chi connectivity index (χ4n) is 3.05. The normalized spacial score (nSPS) is 25.2. The zero-order chi connectivity index (χ0) is 13.2. The first kappa shape index (κ1) is 16.2. The summed E-state index contributed by atoms with van der Waals surface area (Å²) in [4.78, 5) is 15.9. The number of rotatable bonds is 2. The third kappa shape index (κ3) is 4.61. The summed E-state index contributed by atoms with van der Waals surface area (Å²) in [5, 5.41) is 0. The van der Waals surface area contributed by atoms with E-state index in [0.717, 1.165) is 12.8 Å². The van der Waals surface area contributed by atoms with Gasteiger partial charge in [-0.05, 0) is 42.7 Å². The number of carbonyl (C=O) groups is 1. The summed E-state index contributed by atoms with van der Waals surface area (Å²) in [5.74, 6) is 0.360. The zero-order valence-electron chi connectivity index (χ0n) is 11.7. The van der Waals surface area contributed by atoms with Crippen LogP contribution in [0.1, 0.15) is 50.4 Å². The summed E-state index contributed by atoms with van der Waals surface area (Å²) in [6.07, 6.45) is 6.37. The molecule has 1 aromatic rings. The van der Waals surface area contributed by atoms with E-state index >= 15 is 0 Å². The van der Waals surface area contributed by atoms with Crippen LogP contribution in [-0.2, 0) is 21.2 Å². The SMILES string of the molecule is C[C@@H]1C[C@@H](OC(=O)c2cccnc2)CC(C)(C)C1.[Ni]. The fraction of sp³-hybridized carbons (Fsp3) is 0.600. The van der Waals surface area contributed by atoms with Gasteiger partial charge in [0.15, 0.2) is 0 Å². The number of hydrogen-bond donors (Lipinski definition) is 0. The number of nitrogens with zero attached hydrogens (tertiary/aromatic N) is 1. The molecule has 0 aromatic carbocycles. The molecule has 1 fully saturated rings. The largest absolute Gasteiger partial charge is 0.459 e. The van der Waals surface area contributed by atoms with Crippen LogP contribution in [-0.4, -0.2) is 17.1 Å². The van der Waals surface area contributed by atoms with Crippen LogP contribution in [0, 0.1) is 11.3 Å². The van der Waals surface area contributed by atoms with Gasteiger partial charge in [0.25, 0.3) is 0 Å². The number of carbonyl (C=O) groups excluding carboxylic acids is 1. The number of ether oxygens (including phenoxy) is 1. The third-order valence-electron chi connectivity index (χ3n) is 3.52. The minimum Gasteiger partial charge on any atom is -0.459 e. The van der Waals surface area contributed by atoms with Crippen molar-refractivity contribution >= 4 is 5.97 Å². The van der Waals surface area contributed by atoms with Crippen molar-refractivity contribution in [1.29, 1.82) is 0 Å². The van der Waals surface area contributed by atoms with Crippen LogP contribution in [0.15, 0.2) is 24.5 Å². The summed E-state index contributed by atoms with van der Waals surface area (Å²) in [5.41, 5.74) is 0.797. The summed E-state index contributed by atoms with van der Waals surface area (Å²) in [6.45, 7) is 6.72. The maximum absolute atomic E-state index is 12.0. The molecule has 0 saturated heterocycles. The second-order valence-corrected chi connectivity index (χ2v) is 6.18. The molecule has 0 spiro atoms. The Morgan fingerprint density at radius 3 is 2.74 bits per heavy atom. The van der Waals surface area contributed by atoms with Crippen molar-refractivity contribution in [2.75, 3.05) is 0 Å². The monoisotopic (exact) mass is 305 g/mol. The predicted octanol–water partition coefficient (Wildman–Crippen LogP) is 3.45. The van der Waals surface area contributed by atoms with E-state index in [1.165, 1.54) is 6.42 Å². The molecule has 108 valence electrons. The van der Waals surface area contributed by atoms with E-state index in [9.17, 15) is 4.79 Å². The molecule has 19 heavy (non-hydrogen) atoms. The Labute approximate surface area is 125 Å². The second kappa shape index (κ2) is 6.52. The third-order valence-corrected chi connectivity index (χ3v) is 3.52. The van der Waals surface area contributed by atoms with E-state index in [1.807, 2.05) is 0 Å². The Hall–Kier alpha value is -0.886. The van der Waals surface area contributed by atoms with Gasteiger partial charge in [0.05, 0.1) is 5.56 Å². The molecule has 1 aliphatic rings. The molecule has 0 N–H and O–H groups in total. The average molecular weight is 306 g/mol. The van der Waals surface area contributed by atoms with E-state index in [1.54, 1.807) is 24.5 Å². The van der Waals surface area contributed by atoms with E-state index in [-0.39, 0.29) is 34.0 Å². The van der Waals surface area contributed by atoms with Crippen molar-refractivity contribution < 1.29 is 26.0 Å². The van der Waals surface area contributed by atoms with E-state index in [4.69, 9.17) is 4.74 Å². The standard InChI is InChI=1S/C15H21NO2.Ni/c1-11-7-13(9-15(2,3)8-11)18-14(17)12-5-4-6-16-10-12;/h4-6,10-11,13H,7-9H2,1-3H3;/t11-,13-;/m1./s1. The molecule has 3 nitrogen and oxygen atoms in total. The number of aromatic nitrogens is 1. The summed E-state index contributed by atoms with van der Waals surface area (Å²) in [6, 6.07) is 3.50. The van der Waals surface area contributed by atoms with Crippen LogP contribution in [0.2, 0.25) is 0 Å². The molecule has 0 bridgehead atoms. The minimum atomic E-state index is -0.252. The van der Waals surface area contributed by atoms with Crippen molar-refractivity contribution in [2.45, 2.75) is 46.1 Å². The van der Waals surface area contributed by atoms with Gasteiger partial charge in [0, 0.05) is 28.9 Å². The van der Waals surface area contributed by atoms with Crippen molar-refractivity contribution in [3.63, 3.8) is 0 Å². The van der Waals surface area contributed by atoms with Gasteiger partial charge in [-0.3, -0.25) is 4.98 Å². The minimum absolute atomic E-state index is 0. The molecule has 0 radical (unpaired) electrons. The molecular formula is C15H21NNiO2. The Morgan fingerprint density at radius 1 is 1.42 bits per heavy atom. The zero-order valence-corrected chi connectivity index (χ0v) is 12.7. The Bertz CT molecular complexity index is 419. The van der Waals surface area contributed by atoms with Crippen molar-refractivity contribution in [3.05, 3.63) is 30.1 Å². The average Bonchev–Trinajstić information content (AvgIpc) is 2.27. The molecule has 1 saturated carbocycles. The van der Waals surface area contributed by atoms with E-state index in [2.05, 4.69) is 25.8 Å². The first-order chi connectivity index (χ1) is 8.46. The summed E-state index contributed by atoms with van der Waals surface area (Å²) in [7, 11) is 0. The topological polar surface area (TPSA) is 39.2 Å². The summed E-state index contributed by atoms with van der Waals surface area (Å²) >= 11 is 0. The van der Waals surface area contributed by atoms with Gasteiger partial charge in [-0.1, -0.05) is 20.8 Å². The van der Waals surface area contributed by atoms with Crippen LogP contribution in [0.4, 0.5) is 0 Å². The van der Waals surface area contributed by atoms with Gasteiger partial charge >= 0.3 is 5.97 Å². The molecule has 2 atom stereocenters. The first-order valence-electron chi connectivity index (χ1n) is 6.57. The van der Waals surface area contributed by atoms with Gasteiger partial charge in [-0.2, -0.15) is 0 Å². The Balaban J connectivity index is 0.00000180. The Kier molecular flexibility index (Phi) is 5.55. The van der Waals surface area contributed by atoms with Gasteiger partial charge in [0.2, 0.25) is 0 Å². The quantitative estimate of drug-likeness (QED) is 0.620. The fourth-order valence-corrected chi connectivity index (χ4v) is 3.05. The van der Waals surface area contributed by atoms with Crippen molar-refractivity contribution in [3.8, 4) is 0 Å². The maximum atomic E-state index is 12.0. The van der Waals surface area contributed by atoms with Gasteiger partial charge in [-0.25, -0.2) is 4.79 Å². The molecule has 0 unspecified atom stereocenters. The van der Waals surface area contributed by atoms with Crippen LogP contribution in [0.5, 0.6) is 0 Å². The van der Waals surface area contributed by atoms with Crippen LogP contribution in [0.3, 0.4) is 0 Å².